The number of furan rings is 1. The number of anilines is 3. The van der Waals surface area contributed by atoms with Crippen LogP contribution in [0.4, 0.5) is 17.1 Å². The molecule has 0 amide bonds. The number of nitrogens with zero attached hydrogens (tertiary/aromatic N) is 2. The molecule has 3 heteroatoms. The van der Waals surface area contributed by atoms with Crippen LogP contribution >= 0.6 is 0 Å². The summed E-state index contributed by atoms with van der Waals surface area (Å²) in [7, 11) is 0. The summed E-state index contributed by atoms with van der Waals surface area (Å²) in [6.45, 7) is 0. The summed E-state index contributed by atoms with van der Waals surface area (Å²) in [5, 5.41) is 12.2. The fourth-order valence-electron chi connectivity index (χ4n) is 8.44. The first-order valence-corrected chi connectivity index (χ1v) is 18.4. The van der Waals surface area contributed by atoms with Gasteiger partial charge in [-0.2, -0.15) is 0 Å². The Labute approximate surface area is 312 Å². The molecule has 0 radical (unpaired) electrons. The molecular weight excluding hydrogens is 657 g/mol. The number of rotatable bonds is 5. The highest BCUT2D eigenvalue weighted by Gasteiger charge is 2.20. The predicted octanol–water partition coefficient (Wildman–Crippen LogP) is 14.4. The van der Waals surface area contributed by atoms with Crippen molar-refractivity contribution in [3.05, 3.63) is 194 Å². The average molecular weight is 689 g/mol. The molecule has 0 saturated heterocycles. The maximum atomic E-state index is 6.33. The quantitative estimate of drug-likeness (QED) is 0.169. The second-order valence-electron chi connectivity index (χ2n) is 13.9. The SMILES string of the molecule is c1ccc2c(c1)cc(-c1ccc(N(c3ccc(-c4cc5ccccc5c5ccccc45)cc3)c3cccc4oc5cnccc5c34)cc1)c1ccccc12. The molecule has 2 heterocycles. The summed E-state index contributed by atoms with van der Waals surface area (Å²) in [6, 6.07) is 65.8. The van der Waals surface area contributed by atoms with E-state index in [1.54, 1.807) is 6.20 Å². The van der Waals surface area contributed by atoms with Crippen molar-refractivity contribution in [2.24, 2.45) is 0 Å². The lowest BCUT2D eigenvalue weighted by molar-refractivity contribution is 0.667. The van der Waals surface area contributed by atoms with Crippen LogP contribution in [0.15, 0.2) is 199 Å². The van der Waals surface area contributed by atoms with E-state index in [0.717, 1.165) is 39.0 Å². The Hall–Kier alpha value is -7.23. The summed E-state index contributed by atoms with van der Waals surface area (Å²) in [5.74, 6) is 0. The Bertz CT molecular complexity index is 3050. The number of hydrogen-bond acceptors (Lipinski definition) is 3. The Kier molecular flexibility index (Phi) is 6.86. The van der Waals surface area contributed by atoms with Crippen molar-refractivity contribution in [1.82, 2.24) is 4.98 Å². The van der Waals surface area contributed by atoms with E-state index in [1.165, 1.54) is 65.3 Å². The van der Waals surface area contributed by atoms with Gasteiger partial charge >= 0.3 is 0 Å². The smallest absolute Gasteiger partial charge is 0.153 e. The zero-order chi connectivity index (χ0) is 35.6. The first kappa shape index (κ1) is 30.4. The van der Waals surface area contributed by atoms with Gasteiger partial charge in [-0.05, 0) is 120 Å². The zero-order valence-electron chi connectivity index (χ0n) is 29.3. The molecule has 0 fully saturated rings. The number of fused-ring (bicyclic) bond motifs is 9. The number of benzene rings is 9. The van der Waals surface area contributed by atoms with Gasteiger partial charge in [0.05, 0.1) is 17.3 Å². The van der Waals surface area contributed by atoms with Crippen molar-refractivity contribution >= 4 is 82.1 Å². The molecule has 0 N–H and O–H groups in total. The Morgan fingerprint density at radius 1 is 0.389 bits per heavy atom. The van der Waals surface area contributed by atoms with Gasteiger partial charge in [0.1, 0.15) is 5.58 Å². The van der Waals surface area contributed by atoms with Crippen LogP contribution in [0.1, 0.15) is 0 Å². The zero-order valence-corrected chi connectivity index (χ0v) is 29.3. The highest BCUT2D eigenvalue weighted by atomic mass is 16.3. The van der Waals surface area contributed by atoms with E-state index in [-0.39, 0.29) is 0 Å². The predicted molar refractivity (Wildman–Crippen MR) is 227 cm³/mol. The topological polar surface area (TPSA) is 29.3 Å². The molecule has 9 aromatic carbocycles. The van der Waals surface area contributed by atoms with Crippen LogP contribution < -0.4 is 4.90 Å². The van der Waals surface area contributed by atoms with Crippen molar-refractivity contribution in [2.75, 3.05) is 4.90 Å². The minimum atomic E-state index is 0.775. The molecule has 0 spiro atoms. The third-order valence-corrected chi connectivity index (χ3v) is 10.9. The monoisotopic (exact) mass is 688 g/mol. The Morgan fingerprint density at radius 2 is 0.889 bits per heavy atom. The minimum Gasteiger partial charge on any atom is -0.454 e. The van der Waals surface area contributed by atoms with E-state index in [9.17, 15) is 0 Å². The summed E-state index contributed by atoms with van der Waals surface area (Å²) >= 11 is 0. The van der Waals surface area contributed by atoms with Crippen LogP contribution in [0.5, 0.6) is 0 Å². The van der Waals surface area contributed by atoms with E-state index < -0.39 is 0 Å². The third-order valence-electron chi connectivity index (χ3n) is 10.9. The highest BCUT2D eigenvalue weighted by Crippen LogP contribution is 2.44. The standard InChI is InChI=1S/C51H32N2O/c1-3-12-39-35(10-1)30-46(43-16-7-5-14-41(39)43)33-20-24-37(25-21-33)53(48-18-9-19-49-51(48)45-28-29-52-32-50(45)54-49)38-26-22-34(23-27-38)47-31-36-11-2-4-13-40(36)42-15-6-8-17-44(42)47/h1-32H. The largest absolute Gasteiger partial charge is 0.454 e. The molecule has 0 unspecified atom stereocenters. The number of pyridine rings is 1. The second kappa shape index (κ2) is 12.2. The summed E-state index contributed by atoms with van der Waals surface area (Å²) in [6.07, 6.45) is 3.64. The highest BCUT2D eigenvalue weighted by molar-refractivity contribution is 6.16. The molecule has 0 bridgehead atoms. The molecule has 0 aliphatic heterocycles. The molecule has 252 valence electrons. The van der Waals surface area contributed by atoms with Gasteiger partial charge in [-0.1, -0.05) is 127 Å². The second-order valence-corrected chi connectivity index (χ2v) is 13.9. The fourth-order valence-corrected chi connectivity index (χ4v) is 8.44. The lowest BCUT2D eigenvalue weighted by atomic mass is 9.93. The van der Waals surface area contributed by atoms with Gasteiger partial charge in [-0.25, -0.2) is 0 Å². The van der Waals surface area contributed by atoms with E-state index in [4.69, 9.17) is 4.42 Å². The lowest BCUT2D eigenvalue weighted by Gasteiger charge is -2.27. The van der Waals surface area contributed by atoms with E-state index in [2.05, 4.69) is 180 Å². The van der Waals surface area contributed by atoms with Gasteiger partial charge in [0, 0.05) is 23.0 Å². The molecule has 0 aliphatic carbocycles. The van der Waals surface area contributed by atoms with Gasteiger partial charge in [0.25, 0.3) is 0 Å². The van der Waals surface area contributed by atoms with Crippen molar-refractivity contribution in [1.29, 1.82) is 0 Å². The Balaban J connectivity index is 1.08. The van der Waals surface area contributed by atoms with Crippen molar-refractivity contribution in [3.63, 3.8) is 0 Å². The first-order chi connectivity index (χ1) is 26.8. The first-order valence-electron chi connectivity index (χ1n) is 18.4. The van der Waals surface area contributed by atoms with E-state index in [1.807, 2.05) is 18.3 Å². The summed E-state index contributed by atoms with van der Waals surface area (Å²) in [4.78, 5) is 6.70. The van der Waals surface area contributed by atoms with Crippen molar-refractivity contribution < 1.29 is 4.42 Å². The number of aromatic nitrogens is 1. The van der Waals surface area contributed by atoms with Gasteiger partial charge in [0.15, 0.2) is 5.58 Å². The van der Waals surface area contributed by atoms with Crippen molar-refractivity contribution in [3.8, 4) is 22.3 Å². The maximum Gasteiger partial charge on any atom is 0.153 e. The van der Waals surface area contributed by atoms with Crippen LogP contribution in [0, 0.1) is 0 Å². The van der Waals surface area contributed by atoms with E-state index in [0.29, 0.717) is 0 Å². The fraction of sp³-hybridized carbons (Fsp3) is 0. The van der Waals surface area contributed by atoms with Gasteiger partial charge in [-0.3, -0.25) is 4.98 Å². The molecule has 2 aromatic heterocycles. The molecule has 0 atom stereocenters. The van der Waals surface area contributed by atoms with Crippen LogP contribution in [0.2, 0.25) is 0 Å². The van der Waals surface area contributed by atoms with Crippen LogP contribution in [0.25, 0.3) is 87.3 Å². The average Bonchev–Trinajstić information content (AvgIpc) is 3.63. The molecule has 54 heavy (non-hydrogen) atoms. The van der Waals surface area contributed by atoms with Crippen molar-refractivity contribution in [2.45, 2.75) is 0 Å². The minimum absolute atomic E-state index is 0.775. The Morgan fingerprint density at radius 3 is 1.44 bits per heavy atom. The molecule has 11 rings (SSSR count). The maximum absolute atomic E-state index is 6.33. The molecule has 3 nitrogen and oxygen atoms in total. The molecule has 11 aromatic rings. The molecular formula is C51H32N2O. The normalized spacial score (nSPS) is 11.7. The summed E-state index contributed by atoms with van der Waals surface area (Å²) < 4.78 is 6.33. The van der Waals surface area contributed by atoms with Crippen LogP contribution in [-0.2, 0) is 0 Å². The summed E-state index contributed by atoms with van der Waals surface area (Å²) in [5.41, 5.74) is 9.58. The van der Waals surface area contributed by atoms with Crippen LogP contribution in [-0.4, -0.2) is 4.98 Å². The molecule has 0 aliphatic rings. The van der Waals surface area contributed by atoms with Crippen LogP contribution in [0.3, 0.4) is 0 Å². The third kappa shape index (κ3) is 4.79. The molecule has 0 saturated carbocycles. The van der Waals surface area contributed by atoms with E-state index >= 15 is 0 Å². The lowest BCUT2D eigenvalue weighted by Crippen LogP contribution is -2.10. The number of hydrogen-bond donors (Lipinski definition) is 0. The van der Waals surface area contributed by atoms with Gasteiger partial charge < -0.3 is 9.32 Å². The van der Waals surface area contributed by atoms with Gasteiger partial charge in [-0.15, -0.1) is 0 Å². The van der Waals surface area contributed by atoms with Gasteiger partial charge in [0.2, 0.25) is 0 Å².